The van der Waals surface area contributed by atoms with Gasteiger partial charge >= 0.3 is 5.97 Å². The summed E-state index contributed by atoms with van der Waals surface area (Å²) in [5.74, 6) is -0.122. The molecule has 0 amide bonds. The third-order valence-corrected chi connectivity index (χ3v) is 4.56. The maximum absolute atomic E-state index is 11.6. The van der Waals surface area contributed by atoms with Crippen LogP contribution in [-0.4, -0.2) is 31.1 Å². The average molecular weight is 309 g/mol. The molecule has 3 heteroatoms. The van der Waals surface area contributed by atoms with Crippen LogP contribution < -0.4 is 0 Å². The molecule has 0 bridgehead atoms. The number of hydrogen-bond acceptors (Lipinski definition) is 3. The molecule has 0 spiro atoms. The van der Waals surface area contributed by atoms with Gasteiger partial charge in [-0.25, -0.2) is 0 Å². The largest absolute Gasteiger partial charge is 0.469 e. The Balaban J connectivity index is 1.81. The highest BCUT2D eigenvalue weighted by atomic mass is 16.5. The van der Waals surface area contributed by atoms with E-state index in [1.807, 2.05) is 12.1 Å². The number of carbonyl (C=O) groups excluding carboxylic acids is 1. The molecule has 23 heavy (non-hydrogen) atoms. The van der Waals surface area contributed by atoms with Gasteiger partial charge in [0.05, 0.1) is 19.6 Å². The number of esters is 1. The third-order valence-electron chi connectivity index (χ3n) is 4.56. The molecule has 1 saturated heterocycles. The Labute approximate surface area is 137 Å². The van der Waals surface area contributed by atoms with Crippen molar-refractivity contribution < 1.29 is 9.53 Å². The van der Waals surface area contributed by atoms with Gasteiger partial charge in [-0.2, -0.15) is 0 Å². The molecule has 1 heterocycles. The summed E-state index contributed by atoms with van der Waals surface area (Å²) in [5.41, 5.74) is 2.59. The van der Waals surface area contributed by atoms with Gasteiger partial charge in [0, 0.05) is 18.5 Å². The Hall–Kier alpha value is -2.13. The summed E-state index contributed by atoms with van der Waals surface area (Å²) in [6.07, 6.45) is 0.482. The fourth-order valence-corrected chi connectivity index (χ4v) is 3.53. The van der Waals surface area contributed by atoms with Crippen LogP contribution in [0.1, 0.15) is 30.5 Å². The second kappa shape index (κ2) is 6.55. The summed E-state index contributed by atoms with van der Waals surface area (Å²) in [5, 5.41) is 0. The monoisotopic (exact) mass is 309 g/mol. The van der Waals surface area contributed by atoms with Gasteiger partial charge in [0.25, 0.3) is 0 Å². The van der Waals surface area contributed by atoms with Crippen molar-refractivity contribution >= 4 is 5.97 Å². The van der Waals surface area contributed by atoms with Gasteiger partial charge in [0.1, 0.15) is 0 Å². The first-order valence-corrected chi connectivity index (χ1v) is 8.02. The number of carbonyl (C=O) groups is 1. The maximum Gasteiger partial charge on any atom is 0.306 e. The van der Waals surface area contributed by atoms with E-state index in [9.17, 15) is 4.79 Å². The fourth-order valence-electron chi connectivity index (χ4n) is 3.53. The van der Waals surface area contributed by atoms with Crippen molar-refractivity contribution in [1.82, 2.24) is 4.90 Å². The third kappa shape index (κ3) is 3.45. The minimum absolute atomic E-state index is 0.00883. The smallest absolute Gasteiger partial charge is 0.306 e. The van der Waals surface area contributed by atoms with Gasteiger partial charge in [-0.05, 0) is 11.1 Å². The van der Waals surface area contributed by atoms with Crippen molar-refractivity contribution in [3.63, 3.8) is 0 Å². The maximum atomic E-state index is 11.6. The first-order valence-electron chi connectivity index (χ1n) is 8.02. The van der Waals surface area contributed by atoms with Crippen LogP contribution in [0.2, 0.25) is 0 Å². The number of hydrogen-bond donors (Lipinski definition) is 0. The second-order valence-corrected chi connectivity index (χ2v) is 6.69. The van der Waals surface area contributed by atoms with Crippen LogP contribution in [0.25, 0.3) is 0 Å². The topological polar surface area (TPSA) is 29.5 Å². The zero-order valence-corrected chi connectivity index (χ0v) is 13.7. The predicted octanol–water partition coefficient (Wildman–Crippen LogP) is 3.66. The Morgan fingerprint density at radius 2 is 1.52 bits per heavy atom. The second-order valence-electron chi connectivity index (χ2n) is 6.69. The molecule has 3 rings (SSSR count). The first kappa shape index (κ1) is 15.8. The summed E-state index contributed by atoms with van der Waals surface area (Å²) in [6, 6.07) is 21.4. The number of rotatable bonds is 5. The van der Waals surface area contributed by atoms with Crippen LogP contribution in [0, 0.1) is 5.41 Å². The Morgan fingerprint density at radius 1 is 1.04 bits per heavy atom. The quantitative estimate of drug-likeness (QED) is 0.789. The SMILES string of the molecule is COC(=O)CC1(C)CN(C(c2ccccc2)c2ccccc2)C1. The summed E-state index contributed by atoms with van der Waals surface area (Å²) >= 11 is 0. The normalized spacial score (nSPS) is 16.8. The first-order chi connectivity index (χ1) is 11.1. The molecule has 1 aliphatic heterocycles. The molecule has 0 N–H and O–H groups in total. The van der Waals surface area contributed by atoms with E-state index in [1.165, 1.54) is 18.2 Å². The fraction of sp³-hybridized carbons (Fsp3) is 0.350. The van der Waals surface area contributed by atoms with E-state index in [2.05, 4.69) is 60.4 Å². The van der Waals surface area contributed by atoms with Gasteiger partial charge < -0.3 is 4.74 Å². The van der Waals surface area contributed by atoms with E-state index in [4.69, 9.17) is 4.74 Å². The van der Waals surface area contributed by atoms with Crippen LogP contribution >= 0.6 is 0 Å². The molecule has 1 aliphatic rings. The number of ether oxygens (including phenoxy) is 1. The molecule has 1 fully saturated rings. The Bertz CT molecular complexity index is 608. The van der Waals surface area contributed by atoms with Crippen LogP contribution in [0.3, 0.4) is 0 Å². The molecule has 0 aromatic heterocycles. The highest BCUT2D eigenvalue weighted by Crippen LogP contribution is 2.41. The van der Waals surface area contributed by atoms with E-state index < -0.39 is 0 Å². The Morgan fingerprint density at radius 3 is 1.96 bits per heavy atom. The lowest BCUT2D eigenvalue weighted by Crippen LogP contribution is -2.56. The van der Waals surface area contributed by atoms with Crippen molar-refractivity contribution in [3.05, 3.63) is 71.8 Å². The lowest BCUT2D eigenvalue weighted by Gasteiger charge is -2.51. The molecular weight excluding hydrogens is 286 g/mol. The van der Waals surface area contributed by atoms with Gasteiger partial charge in [-0.1, -0.05) is 67.6 Å². The summed E-state index contributed by atoms with van der Waals surface area (Å²) in [6.45, 7) is 3.96. The van der Waals surface area contributed by atoms with E-state index >= 15 is 0 Å². The molecule has 3 nitrogen and oxygen atoms in total. The zero-order chi connectivity index (χ0) is 16.3. The molecule has 2 aromatic carbocycles. The van der Waals surface area contributed by atoms with E-state index in [0.717, 1.165) is 13.1 Å². The van der Waals surface area contributed by atoms with Crippen LogP contribution in [0.5, 0.6) is 0 Å². The van der Waals surface area contributed by atoms with Crippen LogP contribution in [0.15, 0.2) is 60.7 Å². The van der Waals surface area contributed by atoms with E-state index in [-0.39, 0.29) is 17.4 Å². The van der Waals surface area contributed by atoms with Crippen molar-refractivity contribution in [2.45, 2.75) is 19.4 Å². The lowest BCUT2D eigenvalue weighted by atomic mass is 9.76. The summed E-state index contributed by atoms with van der Waals surface area (Å²) in [4.78, 5) is 14.0. The average Bonchev–Trinajstić information content (AvgIpc) is 2.55. The zero-order valence-electron chi connectivity index (χ0n) is 13.7. The number of benzene rings is 2. The van der Waals surface area contributed by atoms with Crippen molar-refractivity contribution in [2.24, 2.45) is 5.41 Å². The highest BCUT2D eigenvalue weighted by Gasteiger charge is 2.44. The molecule has 0 aliphatic carbocycles. The molecule has 0 unspecified atom stereocenters. The van der Waals surface area contributed by atoms with Crippen LogP contribution in [-0.2, 0) is 9.53 Å². The number of nitrogens with zero attached hydrogens (tertiary/aromatic N) is 1. The van der Waals surface area contributed by atoms with E-state index in [1.54, 1.807) is 0 Å². The number of methoxy groups -OCH3 is 1. The van der Waals surface area contributed by atoms with Gasteiger partial charge in [-0.3, -0.25) is 9.69 Å². The standard InChI is InChI=1S/C20H23NO2/c1-20(13-18(22)23-2)14-21(15-20)19(16-9-5-3-6-10-16)17-11-7-4-8-12-17/h3-12,19H,13-15H2,1-2H3. The minimum atomic E-state index is -0.122. The minimum Gasteiger partial charge on any atom is -0.469 e. The van der Waals surface area contributed by atoms with Gasteiger partial charge in [0.15, 0.2) is 0 Å². The van der Waals surface area contributed by atoms with Crippen molar-refractivity contribution in [1.29, 1.82) is 0 Å². The summed E-state index contributed by atoms with van der Waals surface area (Å²) in [7, 11) is 1.46. The van der Waals surface area contributed by atoms with E-state index in [0.29, 0.717) is 6.42 Å². The Kier molecular flexibility index (Phi) is 4.49. The molecule has 0 atom stereocenters. The predicted molar refractivity (Wildman–Crippen MR) is 91.0 cm³/mol. The molecule has 0 radical (unpaired) electrons. The highest BCUT2D eigenvalue weighted by molar-refractivity contribution is 5.70. The summed E-state index contributed by atoms with van der Waals surface area (Å²) < 4.78 is 4.83. The number of likely N-dealkylation sites (tertiary alicyclic amines) is 1. The molecule has 120 valence electrons. The van der Waals surface area contributed by atoms with Crippen molar-refractivity contribution in [2.75, 3.05) is 20.2 Å². The lowest BCUT2D eigenvalue weighted by molar-refractivity contribution is -0.147. The molecule has 2 aromatic rings. The van der Waals surface area contributed by atoms with Gasteiger partial charge in [0.2, 0.25) is 0 Å². The van der Waals surface area contributed by atoms with Crippen LogP contribution in [0.4, 0.5) is 0 Å². The van der Waals surface area contributed by atoms with Gasteiger partial charge in [-0.15, -0.1) is 0 Å². The van der Waals surface area contributed by atoms with Crippen molar-refractivity contribution in [3.8, 4) is 0 Å². The molecule has 0 saturated carbocycles. The molecular formula is C20H23NO2.